The Morgan fingerprint density at radius 3 is 1.79 bits per heavy atom. The molecule has 0 N–H and O–H groups in total. The van der Waals surface area contributed by atoms with Crippen molar-refractivity contribution in [3.8, 4) is 0 Å². The van der Waals surface area contributed by atoms with Crippen LogP contribution < -0.4 is 10.6 Å². The normalized spacial score (nSPS) is 19.8. The van der Waals surface area contributed by atoms with Crippen molar-refractivity contribution < 1.29 is 0 Å². The number of hydrogen-bond donors (Lipinski definition) is 0. The number of nitrogens with zero attached hydrogens (tertiary/aromatic N) is 1. The standard InChI is InChI=1S/C25H29NP2/c27-26(25-19-11-10-14-22(25)20-21-12-4-1-5-13-21)28(23-15-6-2-7-16-23)24-17-8-3-9-18-24/h1-9,12-13,15-18,22,25H,10-11,14,19-20,27H2/t22-,25+/m0/s1. The van der Waals surface area contributed by atoms with Gasteiger partial charge in [0.15, 0.2) is 0 Å². The van der Waals surface area contributed by atoms with E-state index in [2.05, 4.69) is 105 Å². The highest BCUT2D eigenvalue weighted by atomic mass is 31.2. The average Bonchev–Trinajstić information content (AvgIpc) is 2.76. The molecule has 1 unspecified atom stereocenters. The van der Waals surface area contributed by atoms with Gasteiger partial charge in [0.05, 0.1) is 0 Å². The van der Waals surface area contributed by atoms with Crippen LogP contribution in [0.25, 0.3) is 0 Å². The van der Waals surface area contributed by atoms with Gasteiger partial charge in [0, 0.05) is 14.1 Å². The minimum atomic E-state index is -0.540. The maximum absolute atomic E-state index is 3.14. The third-order valence-electron chi connectivity index (χ3n) is 5.78. The Balaban J connectivity index is 1.63. The van der Waals surface area contributed by atoms with Gasteiger partial charge in [0.1, 0.15) is 0 Å². The van der Waals surface area contributed by atoms with Crippen molar-refractivity contribution in [2.75, 3.05) is 0 Å². The second-order valence-corrected chi connectivity index (χ2v) is 10.8. The Hall–Kier alpha value is -1.52. The first-order valence-electron chi connectivity index (χ1n) is 10.3. The topological polar surface area (TPSA) is 3.24 Å². The lowest BCUT2D eigenvalue weighted by Crippen LogP contribution is -2.38. The summed E-state index contributed by atoms with van der Waals surface area (Å²) in [5.74, 6) is 0.714. The van der Waals surface area contributed by atoms with E-state index < -0.39 is 8.07 Å². The lowest BCUT2D eigenvalue weighted by molar-refractivity contribution is 0.245. The Labute approximate surface area is 173 Å². The SMILES string of the molecule is PN([C@@H]1CCCC[C@H]1Cc1ccccc1)P(c1ccccc1)c1ccccc1. The molecule has 1 saturated carbocycles. The first-order valence-corrected chi connectivity index (χ1v) is 12.1. The highest BCUT2D eigenvalue weighted by Gasteiger charge is 2.33. The molecule has 0 heterocycles. The molecule has 3 heteroatoms. The molecule has 1 nitrogen and oxygen atoms in total. The zero-order valence-electron chi connectivity index (χ0n) is 16.3. The predicted molar refractivity (Wildman–Crippen MR) is 127 cm³/mol. The Bertz CT molecular complexity index is 799. The summed E-state index contributed by atoms with van der Waals surface area (Å²) in [6, 6.07) is 33.8. The highest BCUT2D eigenvalue weighted by molar-refractivity contribution is 7.74. The maximum atomic E-state index is 3.14. The van der Waals surface area contributed by atoms with Crippen molar-refractivity contribution in [2.24, 2.45) is 5.92 Å². The third kappa shape index (κ3) is 4.72. The lowest BCUT2D eigenvalue weighted by atomic mass is 9.81. The van der Waals surface area contributed by atoms with E-state index in [9.17, 15) is 0 Å². The Morgan fingerprint density at radius 2 is 1.21 bits per heavy atom. The van der Waals surface area contributed by atoms with E-state index in [-0.39, 0.29) is 0 Å². The summed E-state index contributed by atoms with van der Waals surface area (Å²) < 4.78 is 2.65. The summed E-state index contributed by atoms with van der Waals surface area (Å²) in [5.41, 5.74) is 1.47. The number of hydrogen-bond acceptors (Lipinski definition) is 1. The molecular formula is C25H29NP2. The second-order valence-electron chi connectivity index (χ2n) is 7.66. The zero-order chi connectivity index (χ0) is 19.2. The molecule has 1 aliphatic carbocycles. The highest BCUT2D eigenvalue weighted by Crippen LogP contribution is 2.47. The molecule has 1 aliphatic rings. The lowest BCUT2D eigenvalue weighted by Gasteiger charge is -2.42. The monoisotopic (exact) mass is 405 g/mol. The molecule has 0 aromatic heterocycles. The van der Waals surface area contributed by atoms with E-state index in [1.165, 1.54) is 48.3 Å². The summed E-state index contributed by atoms with van der Waals surface area (Å²) in [6.07, 6.45) is 6.51. The van der Waals surface area contributed by atoms with Crippen LogP contribution in [0.4, 0.5) is 0 Å². The van der Waals surface area contributed by atoms with Crippen molar-refractivity contribution in [3.05, 3.63) is 96.6 Å². The minimum Gasteiger partial charge on any atom is -0.255 e. The molecule has 3 aromatic carbocycles. The van der Waals surface area contributed by atoms with Gasteiger partial charge < -0.3 is 0 Å². The Morgan fingerprint density at radius 1 is 0.714 bits per heavy atom. The molecular weight excluding hydrogens is 376 g/mol. The minimum absolute atomic E-state index is 0.540. The van der Waals surface area contributed by atoms with Crippen LogP contribution in [-0.4, -0.2) is 10.5 Å². The van der Waals surface area contributed by atoms with E-state index >= 15 is 0 Å². The van der Waals surface area contributed by atoms with Gasteiger partial charge in [-0.3, -0.25) is 4.44 Å². The third-order valence-corrected chi connectivity index (χ3v) is 9.19. The van der Waals surface area contributed by atoms with Crippen LogP contribution in [0, 0.1) is 5.92 Å². The molecule has 3 atom stereocenters. The number of benzene rings is 3. The van der Waals surface area contributed by atoms with Crippen molar-refractivity contribution in [1.82, 2.24) is 4.44 Å². The van der Waals surface area contributed by atoms with Crippen molar-refractivity contribution >= 4 is 28.1 Å². The predicted octanol–water partition coefficient (Wildman–Crippen LogP) is 5.93. The molecule has 0 spiro atoms. The molecule has 28 heavy (non-hydrogen) atoms. The van der Waals surface area contributed by atoms with E-state index in [1.54, 1.807) is 0 Å². The van der Waals surface area contributed by atoms with Crippen molar-refractivity contribution in [1.29, 1.82) is 0 Å². The van der Waals surface area contributed by atoms with Crippen molar-refractivity contribution in [2.45, 2.75) is 38.1 Å². The zero-order valence-corrected chi connectivity index (χ0v) is 18.4. The van der Waals surface area contributed by atoms with Crippen LogP contribution in [0.1, 0.15) is 31.2 Å². The van der Waals surface area contributed by atoms with Crippen LogP contribution in [0.15, 0.2) is 91.0 Å². The van der Waals surface area contributed by atoms with E-state index in [4.69, 9.17) is 0 Å². The first-order chi connectivity index (χ1) is 13.8. The molecule has 0 saturated heterocycles. The fourth-order valence-corrected chi connectivity index (χ4v) is 7.93. The fourth-order valence-electron chi connectivity index (χ4n) is 4.39. The largest absolute Gasteiger partial charge is 0.255 e. The smallest absolute Gasteiger partial charge is 0.0316 e. The van der Waals surface area contributed by atoms with E-state index in [1.807, 2.05) is 0 Å². The average molecular weight is 405 g/mol. The summed E-state index contributed by atoms with van der Waals surface area (Å²) in [5, 5.41) is 2.87. The Kier molecular flexibility index (Phi) is 6.92. The van der Waals surface area contributed by atoms with Crippen LogP contribution in [-0.2, 0) is 6.42 Å². The van der Waals surface area contributed by atoms with Gasteiger partial charge in [-0.15, -0.1) is 0 Å². The molecule has 0 aliphatic heterocycles. The van der Waals surface area contributed by atoms with Gasteiger partial charge in [0.25, 0.3) is 0 Å². The van der Waals surface area contributed by atoms with Gasteiger partial charge in [-0.25, -0.2) is 0 Å². The van der Waals surface area contributed by atoms with Gasteiger partial charge in [-0.2, -0.15) is 0 Å². The first kappa shape index (κ1) is 19.8. The van der Waals surface area contributed by atoms with Gasteiger partial charge in [-0.05, 0) is 41.4 Å². The maximum Gasteiger partial charge on any atom is 0.0316 e. The van der Waals surface area contributed by atoms with Crippen LogP contribution >= 0.6 is 17.5 Å². The fraction of sp³-hybridized carbons (Fsp3) is 0.280. The van der Waals surface area contributed by atoms with Crippen LogP contribution in [0.5, 0.6) is 0 Å². The van der Waals surface area contributed by atoms with E-state index in [0.717, 1.165) is 0 Å². The van der Waals surface area contributed by atoms with Gasteiger partial charge in [0.2, 0.25) is 0 Å². The molecule has 4 rings (SSSR count). The second kappa shape index (κ2) is 9.80. The van der Waals surface area contributed by atoms with Gasteiger partial charge in [-0.1, -0.05) is 113 Å². The molecule has 1 fully saturated rings. The molecule has 0 radical (unpaired) electrons. The quantitative estimate of drug-likeness (QED) is 0.460. The molecule has 0 bridgehead atoms. The molecule has 0 amide bonds. The summed E-state index contributed by atoms with van der Waals surface area (Å²) in [4.78, 5) is 0. The number of rotatable bonds is 6. The van der Waals surface area contributed by atoms with Crippen LogP contribution in [0.3, 0.4) is 0 Å². The van der Waals surface area contributed by atoms with Crippen LogP contribution in [0.2, 0.25) is 0 Å². The van der Waals surface area contributed by atoms with Crippen molar-refractivity contribution in [3.63, 3.8) is 0 Å². The van der Waals surface area contributed by atoms with Gasteiger partial charge >= 0.3 is 0 Å². The summed E-state index contributed by atoms with van der Waals surface area (Å²) >= 11 is 0. The van der Waals surface area contributed by atoms with E-state index in [0.29, 0.717) is 12.0 Å². The summed E-state index contributed by atoms with van der Waals surface area (Å²) in [6.45, 7) is 0. The molecule has 3 aromatic rings. The summed E-state index contributed by atoms with van der Waals surface area (Å²) in [7, 11) is 2.60. The molecule has 144 valence electrons.